The number of carbonyl (C=O) groups is 2. The molecule has 0 saturated heterocycles. The third kappa shape index (κ3) is 3.43. The monoisotopic (exact) mass is 366 g/mol. The van der Waals surface area contributed by atoms with Gasteiger partial charge in [0.05, 0.1) is 5.56 Å². The molecule has 1 aromatic heterocycles. The van der Waals surface area contributed by atoms with Crippen LogP contribution in [-0.4, -0.2) is 29.5 Å². The van der Waals surface area contributed by atoms with Crippen molar-refractivity contribution in [1.82, 2.24) is 10.3 Å². The van der Waals surface area contributed by atoms with E-state index in [9.17, 15) is 14.0 Å². The number of cyclic esters (lactones) is 1. The van der Waals surface area contributed by atoms with Gasteiger partial charge >= 0.3 is 5.97 Å². The van der Waals surface area contributed by atoms with Crippen LogP contribution in [0.1, 0.15) is 27.0 Å². The number of benzene rings is 2. The van der Waals surface area contributed by atoms with Gasteiger partial charge in [-0.2, -0.15) is 0 Å². The van der Waals surface area contributed by atoms with Crippen LogP contribution in [0.25, 0.3) is 10.9 Å². The van der Waals surface area contributed by atoms with E-state index in [1.165, 1.54) is 12.1 Å². The van der Waals surface area contributed by atoms with E-state index in [0.717, 1.165) is 27.6 Å². The van der Waals surface area contributed by atoms with E-state index in [4.69, 9.17) is 4.74 Å². The standard InChI is InChI=1S/C21H19FN2O3/c1-12-2-4-16-14(8-12)9-19(27-21(16)26)20(25)23-7-6-13-11-24-18-5-3-15(22)10-17(13)18/h2-5,8,10-11,19,24H,6-7,9H2,1H3,(H,23,25). The van der Waals surface area contributed by atoms with Crippen molar-refractivity contribution in [2.45, 2.75) is 25.9 Å². The van der Waals surface area contributed by atoms with Crippen LogP contribution < -0.4 is 5.32 Å². The molecule has 5 nitrogen and oxygen atoms in total. The van der Waals surface area contributed by atoms with Crippen molar-refractivity contribution in [2.24, 2.45) is 0 Å². The zero-order chi connectivity index (χ0) is 19.0. The van der Waals surface area contributed by atoms with E-state index in [1.54, 1.807) is 12.1 Å². The fourth-order valence-corrected chi connectivity index (χ4v) is 3.46. The van der Waals surface area contributed by atoms with Crippen LogP contribution in [0.3, 0.4) is 0 Å². The Kier molecular flexibility index (Phi) is 4.39. The summed E-state index contributed by atoms with van der Waals surface area (Å²) in [7, 11) is 0. The Bertz CT molecular complexity index is 1040. The van der Waals surface area contributed by atoms with Gasteiger partial charge in [-0.25, -0.2) is 9.18 Å². The van der Waals surface area contributed by atoms with Crippen molar-refractivity contribution < 1.29 is 18.7 Å². The molecule has 1 aliphatic heterocycles. The molecular formula is C21H19FN2O3. The van der Waals surface area contributed by atoms with E-state index < -0.39 is 12.1 Å². The van der Waals surface area contributed by atoms with Gasteiger partial charge in [-0.3, -0.25) is 4.79 Å². The Balaban J connectivity index is 1.39. The van der Waals surface area contributed by atoms with Gasteiger partial charge in [0.2, 0.25) is 0 Å². The molecule has 2 heterocycles. The predicted octanol–water partition coefficient (Wildman–Crippen LogP) is 3.06. The van der Waals surface area contributed by atoms with Gasteiger partial charge in [-0.15, -0.1) is 0 Å². The molecule has 138 valence electrons. The van der Waals surface area contributed by atoms with Crippen molar-refractivity contribution in [3.8, 4) is 0 Å². The Labute approximate surface area is 155 Å². The molecule has 27 heavy (non-hydrogen) atoms. The Morgan fingerprint density at radius 1 is 1.30 bits per heavy atom. The van der Waals surface area contributed by atoms with Gasteiger partial charge in [0.1, 0.15) is 5.82 Å². The highest BCUT2D eigenvalue weighted by Crippen LogP contribution is 2.22. The molecular weight excluding hydrogens is 347 g/mol. The molecule has 2 aromatic carbocycles. The van der Waals surface area contributed by atoms with Crippen LogP contribution in [0.2, 0.25) is 0 Å². The number of hydrogen-bond donors (Lipinski definition) is 2. The van der Waals surface area contributed by atoms with Gasteiger partial charge in [-0.05, 0) is 48.7 Å². The lowest BCUT2D eigenvalue weighted by molar-refractivity contribution is -0.130. The van der Waals surface area contributed by atoms with Crippen molar-refractivity contribution in [2.75, 3.05) is 6.54 Å². The fraction of sp³-hybridized carbons (Fsp3) is 0.238. The molecule has 1 amide bonds. The van der Waals surface area contributed by atoms with E-state index in [2.05, 4.69) is 10.3 Å². The molecule has 0 saturated carbocycles. The first kappa shape index (κ1) is 17.3. The minimum absolute atomic E-state index is 0.296. The summed E-state index contributed by atoms with van der Waals surface area (Å²) in [6, 6.07) is 10.1. The summed E-state index contributed by atoms with van der Waals surface area (Å²) in [5, 5.41) is 3.62. The molecule has 0 fully saturated rings. The number of aromatic nitrogens is 1. The van der Waals surface area contributed by atoms with Crippen LogP contribution in [0, 0.1) is 12.7 Å². The van der Waals surface area contributed by atoms with Gasteiger partial charge in [-0.1, -0.05) is 17.7 Å². The number of nitrogens with one attached hydrogen (secondary N) is 2. The minimum atomic E-state index is -0.827. The highest BCUT2D eigenvalue weighted by atomic mass is 19.1. The molecule has 6 heteroatoms. The number of rotatable bonds is 4. The van der Waals surface area contributed by atoms with Crippen LogP contribution in [0.5, 0.6) is 0 Å². The summed E-state index contributed by atoms with van der Waals surface area (Å²) < 4.78 is 18.7. The number of H-pyrrole nitrogens is 1. The molecule has 0 aliphatic carbocycles. The molecule has 0 radical (unpaired) electrons. The number of carbonyl (C=O) groups excluding carboxylic acids is 2. The van der Waals surface area contributed by atoms with E-state index in [1.807, 2.05) is 25.3 Å². The minimum Gasteiger partial charge on any atom is -0.448 e. The highest BCUT2D eigenvalue weighted by Gasteiger charge is 2.31. The molecule has 0 spiro atoms. The number of hydrogen-bond acceptors (Lipinski definition) is 3. The van der Waals surface area contributed by atoms with Crippen molar-refractivity contribution in [1.29, 1.82) is 0 Å². The summed E-state index contributed by atoms with van der Waals surface area (Å²) in [6.45, 7) is 2.32. The quantitative estimate of drug-likeness (QED) is 0.697. The molecule has 2 N–H and O–H groups in total. The molecule has 1 unspecified atom stereocenters. The number of aromatic amines is 1. The summed E-state index contributed by atoms with van der Waals surface area (Å²) in [5.41, 5.74) is 4.16. The van der Waals surface area contributed by atoms with E-state index in [0.29, 0.717) is 24.9 Å². The second-order valence-corrected chi connectivity index (χ2v) is 6.80. The van der Waals surface area contributed by atoms with Crippen molar-refractivity contribution >= 4 is 22.8 Å². The van der Waals surface area contributed by atoms with Gasteiger partial charge in [0, 0.05) is 30.1 Å². The van der Waals surface area contributed by atoms with Gasteiger partial charge in [0.15, 0.2) is 6.10 Å². The highest BCUT2D eigenvalue weighted by molar-refractivity contribution is 5.96. The zero-order valence-electron chi connectivity index (χ0n) is 14.8. The largest absolute Gasteiger partial charge is 0.448 e. The Morgan fingerprint density at radius 2 is 2.15 bits per heavy atom. The first-order valence-corrected chi connectivity index (χ1v) is 8.85. The van der Waals surface area contributed by atoms with Crippen LogP contribution in [0.15, 0.2) is 42.6 Å². The number of amides is 1. The second kappa shape index (κ2) is 6.87. The lowest BCUT2D eigenvalue weighted by atomic mass is 9.96. The first-order chi connectivity index (χ1) is 13.0. The maximum Gasteiger partial charge on any atom is 0.339 e. The van der Waals surface area contributed by atoms with Crippen LogP contribution in [-0.2, 0) is 22.4 Å². The third-order valence-corrected chi connectivity index (χ3v) is 4.85. The number of fused-ring (bicyclic) bond motifs is 2. The number of ether oxygens (including phenoxy) is 1. The lowest BCUT2D eigenvalue weighted by Crippen LogP contribution is -2.42. The topological polar surface area (TPSA) is 71.2 Å². The molecule has 4 rings (SSSR count). The van der Waals surface area contributed by atoms with E-state index in [-0.39, 0.29) is 11.7 Å². The zero-order valence-corrected chi connectivity index (χ0v) is 14.8. The molecule has 1 aliphatic rings. The van der Waals surface area contributed by atoms with Gasteiger partial charge in [0.25, 0.3) is 5.91 Å². The SMILES string of the molecule is Cc1ccc2c(c1)CC(C(=O)NCCc1c[nH]c3ccc(F)cc13)OC2=O. The average molecular weight is 366 g/mol. The lowest BCUT2D eigenvalue weighted by Gasteiger charge is -2.24. The summed E-state index contributed by atoms with van der Waals surface area (Å²) in [6.07, 6.45) is 1.90. The average Bonchev–Trinajstić information content (AvgIpc) is 3.03. The third-order valence-electron chi connectivity index (χ3n) is 4.85. The smallest absolute Gasteiger partial charge is 0.339 e. The van der Waals surface area contributed by atoms with Crippen molar-refractivity contribution in [3.05, 3.63) is 70.7 Å². The second-order valence-electron chi connectivity index (χ2n) is 6.80. The number of halogens is 1. The normalized spacial score (nSPS) is 16.1. The van der Waals surface area contributed by atoms with E-state index >= 15 is 0 Å². The molecule has 0 bridgehead atoms. The summed E-state index contributed by atoms with van der Waals surface area (Å²) >= 11 is 0. The Morgan fingerprint density at radius 3 is 3.00 bits per heavy atom. The summed E-state index contributed by atoms with van der Waals surface area (Å²) in [4.78, 5) is 27.6. The maximum absolute atomic E-state index is 13.4. The number of aryl methyl sites for hydroxylation is 1. The first-order valence-electron chi connectivity index (χ1n) is 8.85. The summed E-state index contributed by atoms with van der Waals surface area (Å²) in [5.74, 6) is -1.08. The molecule has 1 atom stereocenters. The van der Waals surface area contributed by atoms with Gasteiger partial charge < -0.3 is 15.0 Å². The number of esters is 1. The maximum atomic E-state index is 13.4. The van der Waals surface area contributed by atoms with Crippen LogP contribution in [0.4, 0.5) is 4.39 Å². The van der Waals surface area contributed by atoms with Crippen molar-refractivity contribution in [3.63, 3.8) is 0 Å². The van der Waals surface area contributed by atoms with Crippen LogP contribution >= 0.6 is 0 Å². The molecule has 3 aromatic rings. The fourth-order valence-electron chi connectivity index (χ4n) is 3.46. The Hall–Kier alpha value is -3.15. The predicted molar refractivity (Wildman–Crippen MR) is 99.1 cm³/mol.